The molecule has 0 aromatic carbocycles. The molecular formula is C9H20N2O. The molecule has 12 heavy (non-hydrogen) atoms. The topological polar surface area (TPSA) is 35.5 Å². The van der Waals surface area contributed by atoms with E-state index in [4.69, 9.17) is 5.11 Å². The van der Waals surface area contributed by atoms with Gasteiger partial charge in [0.25, 0.3) is 0 Å². The molecule has 0 radical (unpaired) electrons. The zero-order valence-corrected chi connectivity index (χ0v) is 7.92. The van der Waals surface area contributed by atoms with Gasteiger partial charge in [-0.2, -0.15) is 0 Å². The van der Waals surface area contributed by atoms with Gasteiger partial charge in [-0.15, -0.1) is 0 Å². The number of nitrogens with zero attached hydrogens (tertiary/aromatic N) is 1. The highest BCUT2D eigenvalue weighted by atomic mass is 16.3. The largest absolute Gasteiger partial charge is 0.395 e. The Hall–Kier alpha value is -0.120. The minimum atomic E-state index is 0.292. The van der Waals surface area contributed by atoms with Crippen molar-refractivity contribution in [3.8, 4) is 0 Å². The normalized spacial score (nSPS) is 18.2. The van der Waals surface area contributed by atoms with Crippen LogP contribution < -0.4 is 5.32 Å². The highest BCUT2D eigenvalue weighted by Crippen LogP contribution is 2.05. The predicted molar refractivity (Wildman–Crippen MR) is 50.2 cm³/mol. The summed E-state index contributed by atoms with van der Waals surface area (Å²) in [5.74, 6) is 0. The second-order valence-electron chi connectivity index (χ2n) is 3.43. The highest BCUT2D eigenvalue weighted by molar-refractivity contribution is 4.84. The van der Waals surface area contributed by atoms with Gasteiger partial charge in [0.1, 0.15) is 0 Å². The maximum atomic E-state index is 8.84. The zero-order valence-electron chi connectivity index (χ0n) is 7.92. The molecule has 0 amide bonds. The summed E-state index contributed by atoms with van der Waals surface area (Å²) in [6, 6.07) is 0.684. The van der Waals surface area contributed by atoms with Crippen LogP contribution in [0.1, 0.15) is 19.8 Å². The van der Waals surface area contributed by atoms with Crippen molar-refractivity contribution in [1.82, 2.24) is 10.2 Å². The first-order valence-corrected chi connectivity index (χ1v) is 4.94. The van der Waals surface area contributed by atoms with Crippen molar-refractivity contribution in [3.05, 3.63) is 0 Å². The van der Waals surface area contributed by atoms with Gasteiger partial charge in [-0.25, -0.2) is 0 Å². The van der Waals surface area contributed by atoms with Crippen LogP contribution in [-0.2, 0) is 0 Å². The molecule has 0 aromatic heterocycles. The third-order valence-corrected chi connectivity index (χ3v) is 2.46. The molecule has 1 heterocycles. The van der Waals surface area contributed by atoms with Gasteiger partial charge in [0, 0.05) is 25.7 Å². The van der Waals surface area contributed by atoms with Crippen LogP contribution in [0.25, 0.3) is 0 Å². The lowest BCUT2D eigenvalue weighted by Crippen LogP contribution is -2.57. The van der Waals surface area contributed by atoms with E-state index in [0.29, 0.717) is 12.6 Å². The highest BCUT2D eigenvalue weighted by Gasteiger charge is 2.22. The van der Waals surface area contributed by atoms with Gasteiger partial charge < -0.3 is 10.4 Å². The Morgan fingerprint density at radius 1 is 1.42 bits per heavy atom. The number of aliphatic hydroxyl groups is 1. The van der Waals surface area contributed by atoms with Crippen molar-refractivity contribution in [2.75, 3.05) is 32.8 Å². The Kier molecular flexibility index (Phi) is 4.58. The van der Waals surface area contributed by atoms with Crippen LogP contribution in [0, 0.1) is 0 Å². The molecule has 0 aromatic rings. The fourth-order valence-electron chi connectivity index (χ4n) is 1.50. The smallest absolute Gasteiger partial charge is 0.0558 e. The first kappa shape index (κ1) is 9.96. The fraction of sp³-hybridized carbons (Fsp3) is 1.00. The number of hydrogen-bond donors (Lipinski definition) is 2. The first-order chi connectivity index (χ1) is 5.88. The Balaban J connectivity index is 2.17. The maximum Gasteiger partial charge on any atom is 0.0558 e. The molecule has 0 saturated carbocycles. The first-order valence-electron chi connectivity index (χ1n) is 4.94. The van der Waals surface area contributed by atoms with Crippen LogP contribution >= 0.6 is 0 Å². The van der Waals surface area contributed by atoms with E-state index in [0.717, 1.165) is 26.2 Å². The molecule has 0 atom stereocenters. The molecule has 0 unspecified atom stereocenters. The summed E-state index contributed by atoms with van der Waals surface area (Å²) in [7, 11) is 0. The van der Waals surface area contributed by atoms with E-state index >= 15 is 0 Å². The fourth-order valence-corrected chi connectivity index (χ4v) is 1.50. The summed E-state index contributed by atoms with van der Waals surface area (Å²) in [6.45, 7) is 6.68. The predicted octanol–water partition coefficient (Wildman–Crippen LogP) is 0.0526. The van der Waals surface area contributed by atoms with Crippen LogP contribution in [0.15, 0.2) is 0 Å². The molecule has 0 aliphatic carbocycles. The molecule has 1 fully saturated rings. The number of rotatable bonds is 6. The van der Waals surface area contributed by atoms with Crippen LogP contribution in [0.5, 0.6) is 0 Å². The van der Waals surface area contributed by atoms with Gasteiger partial charge in [-0.05, 0) is 13.0 Å². The van der Waals surface area contributed by atoms with E-state index in [1.807, 2.05) is 0 Å². The van der Waals surface area contributed by atoms with E-state index in [-0.39, 0.29) is 0 Å². The van der Waals surface area contributed by atoms with E-state index in [9.17, 15) is 0 Å². The summed E-state index contributed by atoms with van der Waals surface area (Å²) in [6.07, 6.45) is 2.48. The molecule has 72 valence electrons. The third kappa shape index (κ3) is 2.73. The Morgan fingerprint density at radius 2 is 2.17 bits per heavy atom. The zero-order chi connectivity index (χ0) is 8.81. The lowest BCUT2D eigenvalue weighted by Gasteiger charge is -2.37. The summed E-state index contributed by atoms with van der Waals surface area (Å²) in [4.78, 5) is 2.39. The summed E-state index contributed by atoms with van der Waals surface area (Å²) < 4.78 is 0. The molecule has 0 bridgehead atoms. The Morgan fingerprint density at radius 3 is 2.58 bits per heavy atom. The number of hydrogen-bond acceptors (Lipinski definition) is 3. The van der Waals surface area contributed by atoms with E-state index in [2.05, 4.69) is 17.1 Å². The molecule has 1 rings (SSSR count). The van der Waals surface area contributed by atoms with E-state index < -0.39 is 0 Å². The summed E-state index contributed by atoms with van der Waals surface area (Å²) >= 11 is 0. The van der Waals surface area contributed by atoms with E-state index in [1.165, 1.54) is 12.8 Å². The Bertz CT molecular complexity index is 115. The molecular weight excluding hydrogens is 152 g/mol. The van der Waals surface area contributed by atoms with Crippen LogP contribution in [0.2, 0.25) is 0 Å². The van der Waals surface area contributed by atoms with Crippen molar-refractivity contribution in [2.45, 2.75) is 25.8 Å². The van der Waals surface area contributed by atoms with E-state index in [1.54, 1.807) is 0 Å². The minimum Gasteiger partial charge on any atom is -0.395 e. The van der Waals surface area contributed by atoms with Crippen LogP contribution in [0.4, 0.5) is 0 Å². The van der Waals surface area contributed by atoms with Gasteiger partial charge in [-0.1, -0.05) is 13.3 Å². The lowest BCUT2D eigenvalue weighted by molar-refractivity contribution is 0.114. The monoisotopic (exact) mass is 172 g/mol. The van der Waals surface area contributed by atoms with Crippen molar-refractivity contribution in [2.24, 2.45) is 0 Å². The van der Waals surface area contributed by atoms with Gasteiger partial charge in [0.15, 0.2) is 0 Å². The molecule has 1 aliphatic heterocycles. The standard InChI is InChI=1S/C9H20N2O/c1-2-3-4-11(5-6-12)9-7-10-8-9/h9-10,12H,2-8H2,1H3. The van der Waals surface area contributed by atoms with Gasteiger partial charge in [-0.3, -0.25) is 4.90 Å². The average Bonchev–Trinajstić information content (AvgIpc) is 1.97. The van der Waals surface area contributed by atoms with Crippen molar-refractivity contribution >= 4 is 0 Å². The SMILES string of the molecule is CCCCN(CCO)C1CNC1. The molecule has 3 heteroatoms. The average molecular weight is 172 g/mol. The van der Waals surface area contributed by atoms with Crippen molar-refractivity contribution < 1.29 is 5.11 Å². The van der Waals surface area contributed by atoms with Gasteiger partial charge in [0.2, 0.25) is 0 Å². The second kappa shape index (κ2) is 5.51. The molecule has 1 aliphatic rings. The number of nitrogens with one attached hydrogen (secondary N) is 1. The second-order valence-corrected chi connectivity index (χ2v) is 3.43. The molecule has 1 saturated heterocycles. The lowest BCUT2D eigenvalue weighted by atomic mass is 10.1. The van der Waals surface area contributed by atoms with Crippen molar-refractivity contribution in [1.29, 1.82) is 0 Å². The quantitative estimate of drug-likeness (QED) is 0.594. The summed E-state index contributed by atoms with van der Waals surface area (Å²) in [5.41, 5.74) is 0. The third-order valence-electron chi connectivity index (χ3n) is 2.46. The summed E-state index contributed by atoms with van der Waals surface area (Å²) in [5, 5.41) is 12.1. The molecule has 3 nitrogen and oxygen atoms in total. The van der Waals surface area contributed by atoms with Crippen LogP contribution in [0.3, 0.4) is 0 Å². The van der Waals surface area contributed by atoms with Crippen molar-refractivity contribution in [3.63, 3.8) is 0 Å². The molecule has 2 N–H and O–H groups in total. The van der Waals surface area contributed by atoms with Crippen LogP contribution in [-0.4, -0.2) is 48.8 Å². The maximum absolute atomic E-state index is 8.84. The van der Waals surface area contributed by atoms with Gasteiger partial charge >= 0.3 is 0 Å². The van der Waals surface area contributed by atoms with Gasteiger partial charge in [0.05, 0.1) is 6.61 Å². The Labute approximate surface area is 74.8 Å². The minimum absolute atomic E-state index is 0.292. The number of aliphatic hydroxyl groups excluding tert-OH is 1. The number of unbranched alkanes of at least 4 members (excludes halogenated alkanes) is 1. The molecule has 0 spiro atoms.